The van der Waals surface area contributed by atoms with E-state index in [-0.39, 0.29) is 18.4 Å². The molecule has 2 aromatic heterocycles. The summed E-state index contributed by atoms with van der Waals surface area (Å²) in [5.74, 6) is 0.409. The minimum Gasteiger partial charge on any atom is -0.396 e. The van der Waals surface area contributed by atoms with Crippen molar-refractivity contribution in [2.24, 2.45) is 0 Å². The fourth-order valence-corrected chi connectivity index (χ4v) is 3.08. The molecule has 25 heavy (non-hydrogen) atoms. The lowest BCUT2D eigenvalue weighted by Gasteiger charge is -2.13. The Kier molecular flexibility index (Phi) is 4.86. The lowest BCUT2D eigenvalue weighted by molar-refractivity contribution is 0.102. The molecule has 2 N–H and O–H groups in total. The molecule has 130 valence electrons. The Bertz CT molecular complexity index is 914. The third kappa shape index (κ3) is 3.42. The number of carbonyl (C=O) groups excluding carboxylic acids is 1. The highest BCUT2D eigenvalue weighted by atomic mass is 16.3. The predicted octanol–water partition coefficient (Wildman–Crippen LogP) is 3.71. The van der Waals surface area contributed by atoms with Gasteiger partial charge in [-0.2, -0.15) is 0 Å². The molecule has 0 saturated heterocycles. The van der Waals surface area contributed by atoms with E-state index in [9.17, 15) is 9.90 Å². The molecular formula is C20H23N3O2. The number of amides is 1. The zero-order valence-electron chi connectivity index (χ0n) is 14.8. The van der Waals surface area contributed by atoms with E-state index in [1.165, 1.54) is 0 Å². The van der Waals surface area contributed by atoms with Crippen molar-refractivity contribution in [3.05, 3.63) is 59.4 Å². The molecule has 0 saturated carbocycles. The highest BCUT2D eigenvalue weighted by Gasteiger charge is 2.12. The van der Waals surface area contributed by atoms with Crippen molar-refractivity contribution in [2.45, 2.75) is 33.2 Å². The Labute approximate surface area is 147 Å². The first-order valence-electron chi connectivity index (χ1n) is 8.51. The molecule has 1 unspecified atom stereocenters. The maximum absolute atomic E-state index is 12.5. The number of hydrogen-bond donors (Lipinski definition) is 2. The SMILES string of the molecule is CCn1ccc2cnc(NC(=O)c3ccc(C(C)CO)c(C)c3)cc21. The molecule has 0 radical (unpaired) electrons. The molecular weight excluding hydrogens is 314 g/mol. The Hall–Kier alpha value is -2.66. The average Bonchev–Trinajstić information content (AvgIpc) is 3.03. The van der Waals surface area contributed by atoms with E-state index < -0.39 is 0 Å². The zero-order valence-corrected chi connectivity index (χ0v) is 14.8. The van der Waals surface area contributed by atoms with Crippen molar-refractivity contribution in [1.29, 1.82) is 0 Å². The standard InChI is InChI=1S/C20H23N3O2/c1-4-23-8-7-16-11-21-19(10-18(16)23)22-20(25)15-5-6-17(13(2)9-15)14(3)12-24/h5-11,14,24H,4,12H2,1-3H3,(H,21,22,25). The van der Waals surface area contributed by atoms with Gasteiger partial charge in [-0.05, 0) is 43.2 Å². The summed E-state index contributed by atoms with van der Waals surface area (Å²) < 4.78 is 2.11. The number of pyridine rings is 1. The first-order chi connectivity index (χ1) is 12.0. The molecule has 3 aromatic rings. The molecule has 2 heterocycles. The molecule has 0 aliphatic rings. The Balaban J connectivity index is 1.83. The summed E-state index contributed by atoms with van der Waals surface area (Å²) in [5, 5.41) is 13.2. The first-order valence-corrected chi connectivity index (χ1v) is 8.51. The molecule has 0 fully saturated rings. The highest BCUT2D eigenvalue weighted by molar-refractivity contribution is 6.04. The summed E-state index contributed by atoms with van der Waals surface area (Å²) in [6.07, 6.45) is 3.79. The van der Waals surface area contributed by atoms with Gasteiger partial charge >= 0.3 is 0 Å². The maximum Gasteiger partial charge on any atom is 0.256 e. The number of nitrogens with one attached hydrogen (secondary N) is 1. The number of aryl methyl sites for hydroxylation is 2. The molecule has 0 aliphatic heterocycles. The Morgan fingerprint density at radius 2 is 2.12 bits per heavy atom. The largest absolute Gasteiger partial charge is 0.396 e. The lowest BCUT2D eigenvalue weighted by atomic mass is 9.95. The molecule has 1 amide bonds. The summed E-state index contributed by atoms with van der Waals surface area (Å²) in [7, 11) is 0. The van der Waals surface area contributed by atoms with Gasteiger partial charge < -0.3 is 15.0 Å². The van der Waals surface area contributed by atoms with Gasteiger partial charge in [0.25, 0.3) is 5.91 Å². The minimum atomic E-state index is -0.187. The lowest BCUT2D eigenvalue weighted by Crippen LogP contribution is -2.14. The van der Waals surface area contributed by atoms with Crippen molar-refractivity contribution in [3.8, 4) is 0 Å². The van der Waals surface area contributed by atoms with Gasteiger partial charge in [0, 0.05) is 48.5 Å². The predicted molar refractivity (Wildman–Crippen MR) is 100 cm³/mol. The molecule has 1 atom stereocenters. The number of aliphatic hydroxyl groups excluding tert-OH is 1. The van der Waals surface area contributed by atoms with E-state index in [1.807, 2.05) is 44.3 Å². The summed E-state index contributed by atoms with van der Waals surface area (Å²) >= 11 is 0. The number of carbonyl (C=O) groups is 1. The van der Waals surface area contributed by atoms with Crippen molar-refractivity contribution >= 4 is 22.6 Å². The third-order valence-corrected chi connectivity index (χ3v) is 4.57. The fraction of sp³-hybridized carbons (Fsp3) is 0.300. The quantitative estimate of drug-likeness (QED) is 0.746. The summed E-state index contributed by atoms with van der Waals surface area (Å²) in [5.41, 5.74) is 3.69. The van der Waals surface area contributed by atoms with Gasteiger partial charge in [-0.25, -0.2) is 4.98 Å². The number of rotatable bonds is 5. The van der Waals surface area contributed by atoms with Gasteiger partial charge in [0.15, 0.2) is 0 Å². The molecule has 0 bridgehead atoms. The molecule has 0 aliphatic carbocycles. The molecule has 3 rings (SSSR count). The van der Waals surface area contributed by atoms with Crippen LogP contribution in [0.15, 0.2) is 42.7 Å². The number of anilines is 1. The molecule has 5 nitrogen and oxygen atoms in total. The second-order valence-electron chi connectivity index (χ2n) is 6.34. The average molecular weight is 337 g/mol. The van der Waals surface area contributed by atoms with Crippen LogP contribution in [0.25, 0.3) is 10.9 Å². The van der Waals surface area contributed by atoms with Crippen LogP contribution in [-0.2, 0) is 6.54 Å². The van der Waals surface area contributed by atoms with Gasteiger partial charge in [0.1, 0.15) is 5.82 Å². The number of nitrogens with zero attached hydrogens (tertiary/aromatic N) is 2. The van der Waals surface area contributed by atoms with Crippen LogP contribution < -0.4 is 5.32 Å². The third-order valence-electron chi connectivity index (χ3n) is 4.57. The van der Waals surface area contributed by atoms with Gasteiger partial charge in [-0.15, -0.1) is 0 Å². The van der Waals surface area contributed by atoms with Gasteiger partial charge in [-0.3, -0.25) is 4.79 Å². The first kappa shape index (κ1) is 17.2. The van der Waals surface area contributed by atoms with E-state index in [2.05, 4.69) is 21.8 Å². The van der Waals surface area contributed by atoms with Crippen molar-refractivity contribution in [2.75, 3.05) is 11.9 Å². The normalized spacial score (nSPS) is 12.3. The van der Waals surface area contributed by atoms with E-state index >= 15 is 0 Å². The number of benzene rings is 1. The van der Waals surface area contributed by atoms with E-state index in [0.717, 1.165) is 28.6 Å². The van der Waals surface area contributed by atoms with Crippen LogP contribution >= 0.6 is 0 Å². The second kappa shape index (κ2) is 7.07. The topological polar surface area (TPSA) is 67.2 Å². The molecule has 0 spiro atoms. The van der Waals surface area contributed by atoms with E-state index in [0.29, 0.717) is 11.4 Å². The van der Waals surface area contributed by atoms with Crippen LogP contribution in [0, 0.1) is 6.92 Å². The molecule has 5 heteroatoms. The smallest absolute Gasteiger partial charge is 0.256 e. The van der Waals surface area contributed by atoms with Crippen LogP contribution in [0.2, 0.25) is 0 Å². The van der Waals surface area contributed by atoms with Crippen LogP contribution in [0.5, 0.6) is 0 Å². The van der Waals surface area contributed by atoms with Gasteiger partial charge in [-0.1, -0.05) is 13.0 Å². The molecule has 1 aromatic carbocycles. The summed E-state index contributed by atoms with van der Waals surface area (Å²) in [6, 6.07) is 9.46. The van der Waals surface area contributed by atoms with Crippen LogP contribution in [0.3, 0.4) is 0 Å². The van der Waals surface area contributed by atoms with Crippen LogP contribution in [0.1, 0.15) is 41.3 Å². The van der Waals surface area contributed by atoms with Crippen molar-refractivity contribution in [1.82, 2.24) is 9.55 Å². The zero-order chi connectivity index (χ0) is 18.0. The van der Waals surface area contributed by atoms with Crippen molar-refractivity contribution < 1.29 is 9.90 Å². The van der Waals surface area contributed by atoms with Gasteiger partial charge in [0.2, 0.25) is 0 Å². The number of aromatic nitrogens is 2. The monoisotopic (exact) mass is 337 g/mol. The van der Waals surface area contributed by atoms with Crippen LogP contribution in [-0.4, -0.2) is 27.2 Å². The minimum absolute atomic E-state index is 0.0583. The van der Waals surface area contributed by atoms with E-state index in [1.54, 1.807) is 12.3 Å². The fourth-order valence-electron chi connectivity index (χ4n) is 3.08. The van der Waals surface area contributed by atoms with Crippen molar-refractivity contribution in [3.63, 3.8) is 0 Å². The Morgan fingerprint density at radius 1 is 1.32 bits per heavy atom. The maximum atomic E-state index is 12.5. The van der Waals surface area contributed by atoms with Crippen LogP contribution in [0.4, 0.5) is 5.82 Å². The summed E-state index contributed by atoms with van der Waals surface area (Å²) in [6.45, 7) is 6.95. The summed E-state index contributed by atoms with van der Waals surface area (Å²) in [4.78, 5) is 16.9. The number of fused-ring (bicyclic) bond motifs is 1. The highest BCUT2D eigenvalue weighted by Crippen LogP contribution is 2.22. The van der Waals surface area contributed by atoms with E-state index in [4.69, 9.17) is 0 Å². The number of aliphatic hydroxyl groups is 1. The van der Waals surface area contributed by atoms with Gasteiger partial charge in [0.05, 0.1) is 5.52 Å². The Morgan fingerprint density at radius 3 is 2.80 bits per heavy atom. The number of hydrogen-bond acceptors (Lipinski definition) is 3. The second-order valence-corrected chi connectivity index (χ2v) is 6.34.